The molecule has 0 radical (unpaired) electrons. The molecule has 146 valence electrons. The molecule has 0 saturated carbocycles. The maximum Gasteiger partial charge on any atom is 0.304 e. The lowest BCUT2D eigenvalue weighted by molar-refractivity contribution is -0.152. The Morgan fingerprint density at radius 2 is 1.75 bits per heavy atom. The van der Waals surface area contributed by atoms with Gasteiger partial charge in [0, 0.05) is 58.1 Å². The van der Waals surface area contributed by atoms with Crippen molar-refractivity contribution < 1.29 is 9.59 Å². The molecule has 2 aliphatic rings. The fraction of sp³-hybridized carbons (Fsp3) is 0.409. The van der Waals surface area contributed by atoms with Crippen LogP contribution in [0.5, 0.6) is 0 Å². The molecule has 2 fully saturated rings. The number of hydrogen-bond donors (Lipinski definition) is 0. The van der Waals surface area contributed by atoms with E-state index in [2.05, 4.69) is 48.0 Å². The molecular weight excluding hydrogens is 352 g/mol. The number of hydrogen-bond acceptors (Lipinski definition) is 5. The highest BCUT2D eigenvalue weighted by molar-refractivity contribution is 6.37. The lowest BCUT2D eigenvalue weighted by atomic mass is 9.98. The molecule has 2 saturated heterocycles. The summed E-state index contributed by atoms with van der Waals surface area (Å²) in [5.74, 6) is -0.603. The summed E-state index contributed by atoms with van der Waals surface area (Å²) in [4.78, 5) is 30.0. The summed E-state index contributed by atoms with van der Waals surface area (Å²) in [6, 6.07) is 8.73. The highest BCUT2D eigenvalue weighted by Crippen LogP contribution is 2.25. The number of nitrogens with zero attached hydrogens (tertiary/aromatic N) is 4. The number of ketones is 1. The summed E-state index contributed by atoms with van der Waals surface area (Å²) >= 11 is 0. The van der Waals surface area contributed by atoms with E-state index in [4.69, 9.17) is 0 Å². The highest BCUT2D eigenvalue weighted by atomic mass is 16.2. The second kappa shape index (κ2) is 7.81. The minimum Gasteiger partial charge on any atom is -0.296 e. The third kappa shape index (κ3) is 3.70. The van der Waals surface area contributed by atoms with E-state index >= 15 is 0 Å². The van der Waals surface area contributed by atoms with Crippen molar-refractivity contribution in [2.24, 2.45) is 0 Å². The molecule has 0 unspecified atom stereocenters. The number of hydrazine groups is 1. The monoisotopic (exact) mass is 378 g/mol. The average molecular weight is 378 g/mol. The summed E-state index contributed by atoms with van der Waals surface area (Å²) in [5.41, 5.74) is 6.25. The van der Waals surface area contributed by atoms with E-state index in [1.807, 2.05) is 17.4 Å². The van der Waals surface area contributed by atoms with Gasteiger partial charge in [0.25, 0.3) is 0 Å². The molecule has 28 heavy (non-hydrogen) atoms. The van der Waals surface area contributed by atoms with Crippen molar-refractivity contribution in [2.45, 2.75) is 26.8 Å². The van der Waals surface area contributed by atoms with Gasteiger partial charge in [-0.25, -0.2) is 5.01 Å². The number of benzene rings is 1. The molecular formula is C22H26N4O2. The van der Waals surface area contributed by atoms with Crippen molar-refractivity contribution in [1.29, 1.82) is 0 Å². The smallest absolute Gasteiger partial charge is 0.296 e. The standard InChI is InChI=1S/C22H26N4O2/c1-16-13-18(20-5-7-23-14-17(20)2)3-4-19(16)15-24-9-11-25(12-10-24)26-8-6-21(27)22(26)28/h3-5,7,13-14H,6,8-12,15H2,1-2H3. The van der Waals surface area contributed by atoms with Crippen molar-refractivity contribution in [3.63, 3.8) is 0 Å². The molecule has 3 heterocycles. The lowest BCUT2D eigenvalue weighted by Gasteiger charge is -2.39. The summed E-state index contributed by atoms with van der Waals surface area (Å²) in [7, 11) is 0. The van der Waals surface area contributed by atoms with E-state index in [-0.39, 0.29) is 11.7 Å². The van der Waals surface area contributed by atoms with Gasteiger partial charge in [0.2, 0.25) is 5.78 Å². The van der Waals surface area contributed by atoms with Crippen molar-refractivity contribution in [2.75, 3.05) is 32.7 Å². The topological polar surface area (TPSA) is 56.8 Å². The predicted octanol–water partition coefficient (Wildman–Crippen LogP) is 2.20. The minimum atomic E-state index is -0.341. The fourth-order valence-electron chi connectivity index (χ4n) is 4.05. The van der Waals surface area contributed by atoms with Crippen LogP contribution in [-0.4, -0.2) is 64.3 Å². The normalized spacial score (nSPS) is 18.9. The molecule has 0 atom stereocenters. The Balaban J connectivity index is 1.38. The van der Waals surface area contributed by atoms with Gasteiger partial charge in [-0.15, -0.1) is 0 Å². The maximum absolute atomic E-state index is 11.9. The number of aromatic nitrogens is 1. The van der Waals surface area contributed by atoms with Crippen LogP contribution in [0, 0.1) is 13.8 Å². The van der Waals surface area contributed by atoms with Gasteiger partial charge in [0.05, 0.1) is 0 Å². The molecule has 2 aromatic rings. The van der Waals surface area contributed by atoms with E-state index in [1.54, 1.807) is 5.01 Å². The Labute approximate surface area is 165 Å². The molecule has 0 spiro atoms. The van der Waals surface area contributed by atoms with Gasteiger partial charge in [0.1, 0.15) is 0 Å². The van der Waals surface area contributed by atoms with Crippen molar-refractivity contribution in [3.8, 4) is 11.1 Å². The van der Waals surface area contributed by atoms with Crippen LogP contribution in [0.1, 0.15) is 23.1 Å². The number of carbonyl (C=O) groups is 2. The van der Waals surface area contributed by atoms with Gasteiger partial charge in [-0.2, -0.15) is 0 Å². The van der Waals surface area contributed by atoms with E-state index in [0.29, 0.717) is 13.0 Å². The van der Waals surface area contributed by atoms with E-state index in [9.17, 15) is 9.59 Å². The molecule has 1 aromatic heterocycles. The molecule has 1 amide bonds. The van der Waals surface area contributed by atoms with E-state index in [1.165, 1.54) is 27.8 Å². The minimum absolute atomic E-state index is 0.262. The van der Waals surface area contributed by atoms with Crippen LogP contribution in [0.15, 0.2) is 36.7 Å². The molecule has 6 nitrogen and oxygen atoms in total. The third-order valence-corrected chi connectivity index (χ3v) is 5.78. The molecule has 1 aromatic carbocycles. The number of aryl methyl sites for hydroxylation is 2. The van der Waals surface area contributed by atoms with Gasteiger partial charge in [-0.05, 0) is 47.7 Å². The van der Waals surface area contributed by atoms with Crippen LogP contribution in [0.4, 0.5) is 0 Å². The predicted molar refractivity (Wildman–Crippen MR) is 107 cm³/mol. The summed E-state index contributed by atoms with van der Waals surface area (Å²) in [5, 5.41) is 3.67. The Morgan fingerprint density at radius 1 is 0.964 bits per heavy atom. The van der Waals surface area contributed by atoms with Crippen LogP contribution < -0.4 is 0 Å². The van der Waals surface area contributed by atoms with E-state index in [0.717, 1.165) is 32.7 Å². The van der Waals surface area contributed by atoms with E-state index < -0.39 is 0 Å². The SMILES string of the molecule is Cc1cc(-c2ccncc2C)ccc1CN1CCN(N2CCC(=O)C2=O)CC1. The zero-order valence-electron chi connectivity index (χ0n) is 16.5. The first-order valence-corrected chi connectivity index (χ1v) is 9.85. The number of pyridine rings is 1. The number of amides is 1. The van der Waals surface area contributed by atoms with Gasteiger partial charge in [0.15, 0.2) is 0 Å². The first-order valence-electron chi connectivity index (χ1n) is 9.85. The first-order chi connectivity index (χ1) is 13.5. The lowest BCUT2D eigenvalue weighted by Crippen LogP contribution is -2.54. The van der Waals surface area contributed by atoms with Crippen LogP contribution >= 0.6 is 0 Å². The zero-order chi connectivity index (χ0) is 19.7. The Hall–Kier alpha value is -2.57. The molecule has 6 heteroatoms. The quantitative estimate of drug-likeness (QED) is 0.764. The van der Waals surface area contributed by atoms with Crippen LogP contribution in [0.25, 0.3) is 11.1 Å². The Morgan fingerprint density at radius 3 is 2.39 bits per heavy atom. The second-order valence-electron chi connectivity index (χ2n) is 7.66. The Bertz CT molecular complexity index is 903. The molecule has 0 N–H and O–H groups in total. The Kier molecular flexibility index (Phi) is 5.24. The summed E-state index contributed by atoms with van der Waals surface area (Å²) < 4.78 is 0. The van der Waals surface area contributed by atoms with Crippen LogP contribution in [0.2, 0.25) is 0 Å². The van der Waals surface area contributed by atoms with Gasteiger partial charge in [-0.3, -0.25) is 24.5 Å². The summed E-state index contributed by atoms with van der Waals surface area (Å²) in [6.45, 7) is 9.04. The van der Waals surface area contributed by atoms with Crippen LogP contribution in [-0.2, 0) is 16.1 Å². The third-order valence-electron chi connectivity index (χ3n) is 5.78. The van der Waals surface area contributed by atoms with Crippen molar-refractivity contribution in [3.05, 3.63) is 53.3 Å². The average Bonchev–Trinajstić information content (AvgIpc) is 3.03. The maximum atomic E-state index is 11.9. The molecule has 0 aliphatic carbocycles. The molecule has 0 bridgehead atoms. The number of carbonyl (C=O) groups excluding carboxylic acids is 2. The van der Waals surface area contributed by atoms with Crippen LogP contribution in [0.3, 0.4) is 0 Å². The van der Waals surface area contributed by atoms with Crippen molar-refractivity contribution in [1.82, 2.24) is 19.9 Å². The molecule has 4 rings (SSSR count). The van der Waals surface area contributed by atoms with Gasteiger partial charge in [-0.1, -0.05) is 18.2 Å². The van der Waals surface area contributed by atoms with Gasteiger partial charge < -0.3 is 0 Å². The number of Topliss-reactive ketones (excluding diaryl/α,β-unsaturated/α-hetero) is 1. The number of rotatable bonds is 4. The largest absolute Gasteiger partial charge is 0.304 e. The fourth-order valence-corrected chi connectivity index (χ4v) is 4.05. The number of piperazine rings is 1. The van der Waals surface area contributed by atoms with Gasteiger partial charge >= 0.3 is 5.91 Å². The first kappa shape index (κ1) is 18.8. The molecule has 2 aliphatic heterocycles. The zero-order valence-corrected chi connectivity index (χ0v) is 16.5. The van der Waals surface area contributed by atoms with Crippen molar-refractivity contribution >= 4 is 11.7 Å². The summed E-state index contributed by atoms with van der Waals surface area (Å²) in [6.07, 6.45) is 4.09. The second-order valence-corrected chi connectivity index (χ2v) is 7.66. The highest BCUT2D eigenvalue weighted by Gasteiger charge is 2.34.